The number of amides is 1. The first kappa shape index (κ1) is 16.6. The molecule has 126 valence electrons. The monoisotopic (exact) mass is 331 g/mol. The molecule has 1 amide bonds. The number of hydrogen-bond acceptors (Lipinski definition) is 2. The SMILES string of the molecule is O=C(c1cccc(-c2ccc(F)cc2F)c1)N1CCCC[C@H]1CO. The van der Waals surface area contributed by atoms with E-state index in [0.29, 0.717) is 17.7 Å². The van der Waals surface area contributed by atoms with Crippen LogP contribution >= 0.6 is 0 Å². The van der Waals surface area contributed by atoms with E-state index in [4.69, 9.17) is 0 Å². The van der Waals surface area contributed by atoms with Gasteiger partial charge < -0.3 is 10.0 Å². The van der Waals surface area contributed by atoms with Crippen LogP contribution in [-0.4, -0.2) is 35.1 Å². The summed E-state index contributed by atoms with van der Waals surface area (Å²) in [5, 5.41) is 9.47. The van der Waals surface area contributed by atoms with Gasteiger partial charge in [-0.15, -0.1) is 0 Å². The Morgan fingerprint density at radius 1 is 1.17 bits per heavy atom. The number of rotatable bonds is 3. The third kappa shape index (κ3) is 3.31. The molecule has 2 aromatic rings. The number of nitrogens with zero attached hydrogens (tertiary/aromatic N) is 1. The Kier molecular flexibility index (Phi) is 4.90. The Morgan fingerprint density at radius 3 is 2.75 bits per heavy atom. The van der Waals surface area contributed by atoms with Gasteiger partial charge in [0.05, 0.1) is 12.6 Å². The molecule has 3 nitrogen and oxygen atoms in total. The van der Waals surface area contributed by atoms with E-state index in [0.717, 1.165) is 25.3 Å². The molecule has 0 aromatic heterocycles. The van der Waals surface area contributed by atoms with Crippen molar-refractivity contribution in [2.24, 2.45) is 0 Å². The summed E-state index contributed by atoms with van der Waals surface area (Å²) in [6.07, 6.45) is 2.69. The van der Waals surface area contributed by atoms with Crippen molar-refractivity contribution >= 4 is 5.91 Å². The third-order valence-corrected chi connectivity index (χ3v) is 4.45. The molecule has 0 aliphatic carbocycles. The minimum absolute atomic E-state index is 0.0575. The minimum atomic E-state index is -0.661. The Bertz CT molecular complexity index is 748. The maximum Gasteiger partial charge on any atom is 0.254 e. The Hall–Kier alpha value is -2.27. The van der Waals surface area contributed by atoms with Crippen molar-refractivity contribution < 1.29 is 18.7 Å². The molecule has 0 unspecified atom stereocenters. The molecule has 24 heavy (non-hydrogen) atoms. The number of benzene rings is 2. The zero-order chi connectivity index (χ0) is 17.1. The summed E-state index contributed by atoms with van der Waals surface area (Å²) in [5.41, 5.74) is 1.22. The van der Waals surface area contributed by atoms with Crippen LogP contribution in [0.2, 0.25) is 0 Å². The molecule has 1 aliphatic heterocycles. The second-order valence-corrected chi connectivity index (χ2v) is 6.04. The molecule has 0 radical (unpaired) electrons. The third-order valence-electron chi connectivity index (χ3n) is 4.45. The molecular weight excluding hydrogens is 312 g/mol. The number of likely N-dealkylation sites (tertiary alicyclic amines) is 1. The van der Waals surface area contributed by atoms with E-state index in [1.165, 1.54) is 12.1 Å². The molecule has 1 atom stereocenters. The van der Waals surface area contributed by atoms with Crippen LogP contribution in [-0.2, 0) is 0 Å². The lowest BCUT2D eigenvalue weighted by molar-refractivity contribution is 0.0503. The van der Waals surface area contributed by atoms with E-state index in [1.807, 2.05) is 0 Å². The maximum atomic E-state index is 14.0. The minimum Gasteiger partial charge on any atom is -0.394 e. The number of carbonyl (C=O) groups is 1. The van der Waals surface area contributed by atoms with Gasteiger partial charge in [0.1, 0.15) is 11.6 Å². The van der Waals surface area contributed by atoms with Gasteiger partial charge in [0.25, 0.3) is 5.91 Å². The summed E-state index contributed by atoms with van der Waals surface area (Å²) in [6, 6.07) is 9.88. The largest absolute Gasteiger partial charge is 0.394 e. The quantitative estimate of drug-likeness (QED) is 0.933. The summed E-state index contributed by atoms with van der Waals surface area (Å²) in [4.78, 5) is 14.4. The van der Waals surface area contributed by atoms with E-state index in [1.54, 1.807) is 29.2 Å². The molecule has 3 rings (SSSR count). The smallest absolute Gasteiger partial charge is 0.254 e. The zero-order valence-corrected chi connectivity index (χ0v) is 13.2. The van der Waals surface area contributed by atoms with Gasteiger partial charge >= 0.3 is 0 Å². The van der Waals surface area contributed by atoms with Gasteiger partial charge in [-0.05, 0) is 49.1 Å². The van der Waals surface area contributed by atoms with Crippen LogP contribution in [0.3, 0.4) is 0 Å². The van der Waals surface area contributed by atoms with Gasteiger partial charge in [-0.25, -0.2) is 8.78 Å². The fourth-order valence-electron chi connectivity index (χ4n) is 3.17. The summed E-state index contributed by atoms with van der Waals surface area (Å²) in [7, 11) is 0. The van der Waals surface area contributed by atoms with Crippen LogP contribution in [0.5, 0.6) is 0 Å². The van der Waals surface area contributed by atoms with Gasteiger partial charge in [-0.3, -0.25) is 4.79 Å². The van der Waals surface area contributed by atoms with Crippen molar-refractivity contribution in [1.29, 1.82) is 0 Å². The molecule has 0 bridgehead atoms. The van der Waals surface area contributed by atoms with Crippen LogP contribution in [0.25, 0.3) is 11.1 Å². The number of piperidine rings is 1. The summed E-state index contributed by atoms with van der Waals surface area (Å²) >= 11 is 0. The van der Waals surface area contributed by atoms with E-state index >= 15 is 0 Å². The first-order valence-corrected chi connectivity index (χ1v) is 8.07. The van der Waals surface area contributed by atoms with Crippen molar-refractivity contribution in [3.05, 3.63) is 59.7 Å². The van der Waals surface area contributed by atoms with Crippen molar-refractivity contribution in [2.45, 2.75) is 25.3 Å². The molecule has 1 heterocycles. The average Bonchev–Trinajstić information content (AvgIpc) is 2.61. The lowest BCUT2D eigenvalue weighted by atomic mass is 9.99. The first-order chi connectivity index (χ1) is 11.6. The summed E-state index contributed by atoms with van der Waals surface area (Å²) in [6.45, 7) is 0.553. The summed E-state index contributed by atoms with van der Waals surface area (Å²) < 4.78 is 27.0. The normalized spacial score (nSPS) is 17.8. The van der Waals surface area contributed by atoms with E-state index in [2.05, 4.69) is 0 Å². The molecule has 1 N–H and O–H groups in total. The fourth-order valence-corrected chi connectivity index (χ4v) is 3.17. The Balaban J connectivity index is 1.91. The lowest BCUT2D eigenvalue weighted by Gasteiger charge is -2.34. The van der Waals surface area contributed by atoms with Crippen molar-refractivity contribution in [2.75, 3.05) is 13.2 Å². The highest BCUT2D eigenvalue weighted by Gasteiger charge is 2.27. The van der Waals surface area contributed by atoms with Gasteiger partial charge in [-0.1, -0.05) is 12.1 Å². The number of aliphatic hydroxyl groups is 1. The number of aliphatic hydroxyl groups excluding tert-OH is 1. The van der Waals surface area contributed by atoms with E-state index in [-0.39, 0.29) is 24.1 Å². The molecule has 1 saturated heterocycles. The number of hydrogen-bond donors (Lipinski definition) is 1. The topological polar surface area (TPSA) is 40.5 Å². The molecule has 0 spiro atoms. The zero-order valence-electron chi connectivity index (χ0n) is 13.2. The predicted octanol–water partition coefficient (Wildman–Crippen LogP) is 3.62. The predicted molar refractivity (Wildman–Crippen MR) is 87.6 cm³/mol. The molecule has 5 heteroatoms. The maximum absolute atomic E-state index is 14.0. The fraction of sp³-hybridized carbons (Fsp3) is 0.316. The van der Waals surface area contributed by atoms with E-state index in [9.17, 15) is 18.7 Å². The molecule has 2 aromatic carbocycles. The number of carbonyl (C=O) groups excluding carboxylic acids is 1. The molecule has 1 fully saturated rings. The standard InChI is InChI=1S/C19H19F2NO2/c20-15-7-8-17(18(21)11-15)13-4-3-5-14(10-13)19(24)22-9-2-1-6-16(22)12-23/h3-5,7-8,10-11,16,23H,1-2,6,9,12H2/t16-/m0/s1. The Morgan fingerprint density at radius 2 is 2.00 bits per heavy atom. The van der Waals surface area contributed by atoms with Gasteiger partial charge in [0.15, 0.2) is 0 Å². The highest BCUT2D eigenvalue weighted by molar-refractivity contribution is 5.95. The van der Waals surface area contributed by atoms with Gasteiger partial charge in [0.2, 0.25) is 0 Å². The first-order valence-electron chi connectivity index (χ1n) is 8.07. The molecule has 0 saturated carbocycles. The summed E-state index contributed by atoms with van der Waals surface area (Å²) in [5.74, 6) is -1.47. The van der Waals surface area contributed by atoms with Crippen LogP contribution in [0.4, 0.5) is 8.78 Å². The highest BCUT2D eigenvalue weighted by atomic mass is 19.1. The van der Waals surface area contributed by atoms with Crippen molar-refractivity contribution in [3.63, 3.8) is 0 Å². The molecular formula is C19H19F2NO2. The van der Waals surface area contributed by atoms with Gasteiger partial charge in [0, 0.05) is 23.7 Å². The van der Waals surface area contributed by atoms with Crippen LogP contribution < -0.4 is 0 Å². The highest BCUT2D eigenvalue weighted by Crippen LogP contribution is 2.26. The average molecular weight is 331 g/mol. The molecule has 1 aliphatic rings. The lowest BCUT2D eigenvalue weighted by Crippen LogP contribution is -2.45. The van der Waals surface area contributed by atoms with Crippen LogP contribution in [0.15, 0.2) is 42.5 Å². The number of halogens is 2. The second kappa shape index (κ2) is 7.09. The van der Waals surface area contributed by atoms with Crippen LogP contribution in [0, 0.1) is 11.6 Å². The van der Waals surface area contributed by atoms with E-state index < -0.39 is 11.6 Å². The second-order valence-electron chi connectivity index (χ2n) is 6.04. The van der Waals surface area contributed by atoms with Crippen molar-refractivity contribution in [1.82, 2.24) is 4.90 Å². The van der Waals surface area contributed by atoms with Crippen molar-refractivity contribution in [3.8, 4) is 11.1 Å². The van der Waals surface area contributed by atoms with Crippen LogP contribution in [0.1, 0.15) is 29.6 Å². The van der Waals surface area contributed by atoms with Gasteiger partial charge in [-0.2, -0.15) is 0 Å². The Labute approximate surface area is 139 Å².